The van der Waals surface area contributed by atoms with Crippen LogP contribution >= 0.6 is 0 Å². The topological polar surface area (TPSA) is 49.4 Å². The average molecular weight is 302 g/mol. The van der Waals surface area contributed by atoms with Crippen molar-refractivity contribution in [2.45, 2.75) is 69.9 Å². The molecule has 4 bridgehead atoms. The van der Waals surface area contributed by atoms with Gasteiger partial charge in [0.15, 0.2) is 0 Å². The van der Waals surface area contributed by atoms with Crippen LogP contribution in [0.4, 0.5) is 0 Å². The molecule has 1 saturated heterocycles. The highest BCUT2D eigenvalue weighted by atomic mass is 16.2. The van der Waals surface area contributed by atoms with Gasteiger partial charge in [0.25, 0.3) is 0 Å². The first-order valence-electron chi connectivity index (χ1n) is 9.22. The second-order valence-electron chi connectivity index (χ2n) is 8.85. The minimum absolute atomic E-state index is 0.0635. The number of likely N-dealkylation sites (tertiary alicyclic amines) is 1. The maximum atomic E-state index is 13.0. The van der Waals surface area contributed by atoms with Crippen LogP contribution in [-0.2, 0) is 9.59 Å². The van der Waals surface area contributed by atoms with Gasteiger partial charge in [-0.2, -0.15) is 0 Å². The standard InChI is InChI=1S/C18H26N2O2/c21-16-6-14(10-20(16)15-1-2-15)19-17(22)18-7-11-3-12(8-18)5-13(4-11)9-18/h11-15H,1-10H2,(H,19,22)/t11?,12?,13?,14-,18?/m0/s1. The monoisotopic (exact) mass is 302 g/mol. The summed E-state index contributed by atoms with van der Waals surface area (Å²) in [5.74, 6) is 2.92. The molecule has 6 rings (SSSR count). The summed E-state index contributed by atoms with van der Waals surface area (Å²) in [4.78, 5) is 27.1. The van der Waals surface area contributed by atoms with E-state index in [2.05, 4.69) is 5.32 Å². The summed E-state index contributed by atoms with van der Waals surface area (Å²) in [6.07, 6.45) is 10.3. The highest BCUT2D eigenvalue weighted by molar-refractivity contribution is 5.86. The number of hydrogen-bond donors (Lipinski definition) is 1. The Bertz CT molecular complexity index is 490. The van der Waals surface area contributed by atoms with Gasteiger partial charge in [-0.3, -0.25) is 9.59 Å². The molecule has 0 aromatic carbocycles. The number of nitrogens with one attached hydrogen (secondary N) is 1. The van der Waals surface area contributed by atoms with Crippen LogP contribution in [0.1, 0.15) is 57.8 Å². The lowest BCUT2D eigenvalue weighted by Gasteiger charge is -2.55. The number of hydrogen-bond acceptors (Lipinski definition) is 2. The van der Waals surface area contributed by atoms with Crippen LogP contribution in [0.2, 0.25) is 0 Å². The molecular formula is C18H26N2O2. The van der Waals surface area contributed by atoms with Crippen molar-refractivity contribution in [3.05, 3.63) is 0 Å². The van der Waals surface area contributed by atoms with Gasteiger partial charge in [-0.25, -0.2) is 0 Å². The molecule has 1 atom stereocenters. The van der Waals surface area contributed by atoms with Gasteiger partial charge in [0, 0.05) is 24.4 Å². The highest BCUT2D eigenvalue weighted by Gasteiger charge is 2.55. The highest BCUT2D eigenvalue weighted by Crippen LogP contribution is 2.60. The van der Waals surface area contributed by atoms with Crippen LogP contribution in [0.15, 0.2) is 0 Å². The molecule has 1 N–H and O–H groups in total. The molecule has 22 heavy (non-hydrogen) atoms. The molecular weight excluding hydrogens is 276 g/mol. The molecule has 6 fully saturated rings. The molecule has 5 aliphatic carbocycles. The Labute approximate surface area is 132 Å². The molecule has 6 aliphatic rings. The molecule has 1 aliphatic heterocycles. The second-order valence-corrected chi connectivity index (χ2v) is 8.85. The molecule has 120 valence electrons. The first kappa shape index (κ1) is 13.4. The summed E-state index contributed by atoms with van der Waals surface area (Å²) in [6, 6.07) is 0.544. The quantitative estimate of drug-likeness (QED) is 0.868. The molecule has 1 heterocycles. The third-order valence-electron chi connectivity index (χ3n) is 7.00. The fraction of sp³-hybridized carbons (Fsp3) is 0.889. The van der Waals surface area contributed by atoms with E-state index in [0.717, 1.165) is 56.4 Å². The zero-order valence-electron chi connectivity index (χ0n) is 13.2. The van der Waals surface area contributed by atoms with Gasteiger partial charge < -0.3 is 10.2 Å². The summed E-state index contributed by atoms with van der Waals surface area (Å²) < 4.78 is 0. The van der Waals surface area contributed by atoms with Crippen LogP contribution in [-0.4, -0.2) is 35.3 Å². The molecule has 0 unspecified atom stereocenters. The first-order valence-corrected chi connectivity index (χ1v) is 9.22. The zero-order valence-corrected chi connectivity index (χ0v) is 13.2. The van der Waals surface area contributed by atoms with E-state index in [4.69, 9.17) is 0 Å². The Hall–Kier alpha value is -1.06. The second kappa shape index (κ2) is 4.48. The van der Waals surface area contributed by atoms with Gasteiger partial charge >= 0.3 is 0 Å². The molecule has 4 heteroatoms. The van der Waals surface area contributed by atoms with Crippen molar-refractivity contribution < 1.29 is 9.59 Å². The van der Waals surface area contributed by atoms with E-state index in [9.17, 15) is 9.59 Å². The van der Waals surface area contributed by atoms with Gasteiger partial charge in [0.05, 0.1) is 6.04 Å². The molecule has 4 nitrogen and oxygen atoms in total. The first-order chi connectivity index (χ1) is 10.6. The largest absolute Gasteiger partial charge is 0.351 e. The Balaban J connectivity index is 1.28. The minimum Gasteiger partial charge on any atom is -0.351 e. The normalized spacial score (nSPS) is 46.4. The van der Waals surface area contributed by atoms with Gasteiger partial charge in [-0.1, -0.05) is 0 Å². The minimum atomic E-state index is -0.0786. The van der Waals surface area contributed by atoms with Crippen molar-refractivity contribution in [3.8, 4) is 0 Å². The van der Waals surface area contributed by atoms with Gasteiger partial charge in [-0.15, -0.1) is 0 Å². The molecule has 5 saturated carbocycles. The van der Waals surface area contributed by atoms with Crippen molar-refractivity contribution in [1.82, 2.24) is 10.2 Å². The average Bonchev–Trinajstić information content (AvgIpc) is 3.22. The van der Waals surface area contributed by atoms with Crippen molar-refractivity contribution in [2.24, 2.45) is 23.2 Å². The van der Waals surface area contributed by atoms with Gasteiger partial charge in [0.2, 0.25) is 11.8 Å². The van der Waals surface area contributed by atoms with E-state index >= 15 is 0 Å². The summed E-state index contributed by atoms with van der Waals surface area (Å²) >= 11 is 0. The van der Waals surface area contributed by atoms with E-state index in [0.29, 0.717) is 12.5 Å². The third-order valence-corrected chi connectivity index (χ3v) is 7.00. The zero-order chi connectivity index (χ0) is 14.9. The number of amides is 2. The van der Waals surface area contributed by atoms with Crippen molar-refractivity contribution in [1.29, 1.82) is 0 Å². The van der Waals surface area contributed by atoms with Gasteiger partial charge in [0.1, 0.15) is 0 Å². The number of nitrogens with zero attached hydrogens (tertiary/aromatic N) is 1. The van der Waals surface area contributed by atoms with E-state index in [1.165, 1.54) is 19.3 Å². The smallest absolute Gasteiger partial charge is 0.226 e. The lowest BCUT2D eigenvalue weighted by atomic mass is 9.49. The fourth-order valence-corrected chi connectivity index (χ4v) is 6.29. The Morgan fingerprint density at radius 2 is 1.64 bits per heavy atom. The number of carbonyl (C=O) groups excluding carboxylic acids is 2. The molecule has 2 amide bonds. The summed E-state index contributed by atoms with van der Waals surface area (Å²) in [6.45, 7) is 0.752. The molecule has 0 radical (unpaired) electrons. The lowest BCUT2D eigenvalue weighted by Crippen LogP contribution is -2.55. The van der Waals surface area contributed by atoms with Crippen molar-refractivity contribution >= 4 is 11.8 Å². The molecule has 0 spiro atoms. The van der Waals surface area contributed by atoms with E-state index in [-0.39, 0.29) is 23.3 Å². The van der Waals surface area contributed by atoms with Crippen LogP contribution in [0.3, 0.4) is 0 Å². The predicted molar refractivity (Wildman–Crippen MR) is 81.9 cm³/mol. The Morgan fingerprint density at radius 3 is 2.18 bits per heavy atom. The SMILES string of the molecule is O=C1C[C@H](NC(=O)C23CC4CC(CC(C4)C2)C3)CN1C1CC1. The van der Waals surface area contributed by atoms with Gasteiger partial charge in [-0.05, 0) is 69.1 Å². The maximum absolute atomic E-state index is 13.0. The Morgan fingerprint density at radius 1 is 1.05 bits per heavy atom. The number of carbonyl (C=O) groups is 2. The van der Waals surface area contributed by atoms with E-state index in [1.807, 2.05) is 4.90 Å². The summed E-state index contributed by atoms with van der Waals surface area (Å²) in [5.41, 5.74) is -0.0786. The predicted octanol–water partition coefficient (Wildman–Crippen LogP) is 2.08. The van der Waals surface area contributed by atoms with E-state index < -0.39 is 0 Å². The van der Waals surface area contributed by atoms with Crippen molar-refractivity contribution in [3.63, 3.8) is 0 Å². The Kier molecular flexibility index (Phi) is 2.73. The van der Waals surface area contributed by atoms with Crippen LogP contribution in [0.5, 0.6) is 0 Å². The maximum Gasteiger partial charge on any atom is 0.226 e. The lowest BCUT2D eigenvalue weighted by molar-refractivity contribution is -0.146. The van der Waals surface area contributed by atoms with Crippen molar-refractivity contribution in [2.75, 3.05) is 6.54 Å². The summed E-state index contributed by atoms with van der Waals surface area (Å²) in [7, 11) is 0. The number of rotatable bonds is 3. The van der Waals surface area contributed by atoms with E-state index in [1.54, 1.807) is 0 Å². The fourth-order valence-electron chi connectivity index (χ4n) is 6.29. The van der Waals surface area contributed by atoms with Crippen LogP contribution in [0, 0.1) is 23.2 Å². The van der Waals surface area contributed by atoms with Crippen LogP contribution in [0.25, 0.3) is 0 Å². The summed E-state index contributed by atoms with van der Waals surface area (Å²) in [5, 5.41) is 3.28. The molecule has 0 aromatic rings. The third kappa shape index (κ3) is 2.02. The van der Waals surface area contributed by atoms with Crippen LogP contribution < -0.4 is 5.32 Å². The molecule has 0 aromatic heterocycles.